The van der Waals surface area contributed by atoms with E-state index < -0.39 is 5.25 Å². The van der Waals surface area contributed by atoms with Gasteiger partial charge in [-0.15, -0.1) is 5.10 Å². The van der Waals surface area contributed by atoms with Crippen LogP contribution in [-0.2, 0) is 4.79 Å². The number of nitrogens with zero attached hydrogens (tertiary/aromatic N) is 4. The van der Waals surface area contributed by atoms with Crippen molar-refractivity contribution in [2.24, 2.45) is 0 Å². The van der Waals surface area contributed by atoms with Crippen molar-refractivity contribution in [3.05, 3.63) is 47.5 Å². The maximum Gasteiger partial charge on any atom is 0.237 e. The number of anilines is 1. The normalized spacial score (nSPS) is 11.7. The van der Waals surface area contributed by atoms with Crippen molar-refractivity contribution in [3.8, 4) is 17.2 Å². The zero-order valence-corrected chi connectivity index (χ0v) is 17.0. The van der Waals surface area contributed by atoms with E-state index in [0.29, 0.717) is 21.6 Å². The number of tetrazole rings is 1. The van der Waals surface area contributed by atoms with E-state index in [9.17, 15) is 4.79 Å². The van der Waals surface area contributed by atoms with Crippen molar-refractivity contribution in [1.29, 1.82) is 0 Å². The van der Waals surface area contributed by atoms with E-state index in [1.807, 2.05) is 24.3 Å². The van der Waals surface area contributed by atoms with Crippen LogP contribution in [0.4, 0.5) is 5.69 Å². The highest BCUT2D eigenvalue weighted by molar-refractivity contribution is 8.00. The number of hydrogen-bond donors (Lipinski definition) is 1. The summed E-state index contributed by atoms with van der Waals surface area (Å²) in [5.74, 6) is 1.03. The monoisotopic (exact) mass is 419 g/mol. The molecule has 0 aliphatic heterocycles. The molecule has 0 fully saturated rings. The number of aromatic nitrogens is 4. The zero-order valence-electron chi connectivity index (χ0n) is 15.4. The number of rotatable bonds is 7. The van der Waals surface area contributed by atoms with Crippen LogP contribution in [0.5, 0.6) is 11.5 Å². The van der Waals surface area contributed by atoms with Crippen molar-refractivity contribution in [2.45, 2.75) is 17.3 Å². The smallest absolute Gasteiger partial charge is 0.237 e. The molecule has 0 aliphatic rings. The molecule has 3 rings (SSSR count). The molecular weight excluding hydrogens is 402 g/mol. The summed E-state index contributed by atoms with van der Waals surface area (Å²) in [4.78, 5) is 12.6. The molecule has 1 amide bonds. The van der Waals surface area contributed by atoms with Crippen molar-refractivity contribution in [3.63, 3.8) is 0 Å². The second-order valence-corrected chi connectivity index (χ2v) is 7.41. The van der Waals surface area contributed by atoms with E-state index in [1.165, 1.54) is 18.9 Å². The summed E-state index contributed by atoms with van der Waals surface area (Å²) in [6.07, 6.45) is 0. The summed E-state index contributed by atoms with van der Waals surface area (Å²) in [5, 5.41) is 15.1. The van der Waals surface area contributed by atoms with Crippen LogP contribution in [0.1, 0.15) is 6.92 Å². The summed E-state index contributed by atoms with van der Waals surface area (Å²) in [5.41, 5.74) is 1.26. The minimum Gasteiger partial charge on any atom is -0.497 e. The maximum absolute atomic E-state index is 12.6. The summed E-state index contributed by atoms with van der Waals surface area (Å²) >= 11 is 7.25. The fourth-order valence-corrected chi connectivity index (χ4v) is 3.34. The van der Waals surface area contributed by atoms with E-state index in [0.717, 1.165) is 11.4 Å². The van der Waals surface area contributed by atoms with E-state index in [4.69, 9.17) is 21.1 Å². The molecule has 10 heteroatoms. The lowest BCUT2D eigenvalue weighted by atomic mass is 10.3. The average molecular weight is 420 g/mol. The average Bonchev–Trinajstić information content (AvgIpc) is 3.16. The molecular formula is C18H18ClN5O3S. The van der Waals surface area contributed by atoms with Gasteiger partial charge in [0.05, 0.1) is 30.8 Å². The molecule has 1 unspecified atom stereocenters. The number of thioether (sulfide) groups is 1. The Morgan fingerprint density at radius 3 is 2.61 bits per heavy atom. The van der Waals surface area contributed by atoms with Crippen molar-refractivity contribution in [2.75, 3.05) is 19.5 Å². The lowest BCUT2D eigenvalue weighted by Gasteiger charge is -2.14. The third-order valence-electron chi connectivity index (χ3n) is 3.83. The van der Waals surface area contributed by atoms with Crippen LogP contribution < -0.4 is 14.8 Å². The molecule has 3 aromatic rings. The Balaban J connectivity index is 1.73. The molecule has 0 saturated carbocycles. The molecule has 1 atom stereocenters. The highest BCUT2D eigenvalue weighted by Gasteiger charge is 2.20. The SMILES string of the molecule is COc1ccc(-n2nnnc2SC(C)C(=O)Nc2cc(Cl)ccc2OC)cc1. The van der Waals surface area contributed by atoms with Gasteiger partial charge in [0.15, 0.2) is 0 Å². The van der Waals surface area contributed by atoms with E-state index in [-0.39, 0.29) is 5.91 Å². The van der Waals surface area contributed by atoms with Crippen molar-refractivity contribution in [1.82, 2.24) is 20.2 Å². The number of ether oxygens (including phenoxy) is 2. The number of halogens is 1. The van der Waals surface area contributed by atoms with Crippen LogP contribution in [-0.4, -0.2) is 45.6 Å². The molecule has 0 saturated heterocycles. The van der Waals surface area contributed by atoms with Gasteiger partial charge in [-0.2, -0.15) is 4.68 Å². The van der Waals surface area contributed by atoms with Crippen LogP contribution in [0, 0.1) is 0 Å². The Kier molecular flexibility index (Phi) is 6.37. The molecule has 1 aromatic heterocycles. The molecule has 8 nitrogen and oxygen atoms in total. The Hall–Kier alpha value is -2.78. The van der Waals surface area contributed by atoms with Gasteiger partial charge in [0, 0.05) is 5.02 Å². The molecule has 146 valence electrons. The summed E-state index contributed by atoms with van der Waals surface area (Å²) in [7, 11) is 3.13. The van der Waals surface area contributed by atoms with Gasteiger partial charge in [-0.1, -0.05) is 23.4 Å². The highest BCUT2D eigenvalue weighted by atomic mass is 35.5. The quantitative estimate of drug-likeness (QED) is 0.586. The number of carbonyl (C=O) groups is 1. The predicted octanol–water partition coefficient (Wildman–Crippen LogP) is 3.45. The second-order valence-electron chi connectivity index (χ2n) is 5.67. The third-order valence-corrected chi connectivity index (χ3v) is 5.10. The van der Waals surface area contributed by atoms with Crippen LogP contribution in [0.3, 0.4) is 0 Å². The molecule has 1 heterocycles. The molecule has 2 aromatic carbocycles. The standard InChI is InChI=1S/C18H18ClN5O3S/c1-11(17(25)20-15-10-12(19)4-9-16(15)27-3)28-18-21-22-23-24(18)13-5-7-14(26-2)8-6-13/h4-11H,1-3H3,(H,20,25). The number of carbonyl (C=O) groups excluding carboxylic acids is 1. The van der Waals surface area contributed by atoms with E-state index in [1.54, 1.807) is 36.9 Å². The predicted molar refractivity (Wildman–Crippen MR) is 108 cm³/mol. The summed E-state index contributed by atoms with van der Waals surface area (Å²) in [6, 6.07) is 12.3. The number of amides is 1. The summed E-state index contributed by atoms with van der Waals surface area (Å²) < 4.78 is 12.0. The lowest BCUT2D eigenvalue weighted by molar-refractivity contribution is -0.115. The Labute approximate surface area is 171 Å². The second kappa shape index (κ2) is 8.94. The lowest BCUT2D eigenvalue weighted by Crippen LogP contribution is -2.23. The number of methoxy groups -OCH3 is 2. The maximum atomic E-state index is 12.6. The van der Waals surface area contributed by atoms with Gasteiger partial charge in [0.2, 0.25) is 11.1 Å². The van der Waals surface area contributed by atoms with Crippen LogP contribution >= 0.6 is 23.4 Å². The Bertz CT molecular complexity index is 964. The highest BCUT2D eigenvalue weighted by Crippen LogP contribution is 2.29. The minimum atomic E-state index is -0.466. The number of benzene rings is 2. The topological polar surface area (TPSA) is 91.2 Å². The van der Waals surface area contributed by atoms with Crippen LogP contribution in [0.25, 0.3) is 5.69 Å². The van der Waals surface area contributed by atoms with E-state index >= 15 is 0 Å². The zero-order chi connectivity index (χ0) is 20.1. The van der Waals surface area contributed by atoms with Gasteiger partial charge in [0.25, 0.3) is 0 Å². The van der Waals surface area contributed by atoms with Gasteiger partial charge < -0.3 is 14.8 Å². The number of hydrogen-bond acceptors (Lipinski definition) is 7. The largest absolute Gasteiger partial charge is 0.497 e. The Morgan fingerprint density at radius 2 is 1.93 bits per heavy atom. The van der Waals surface area contributed by atoms with Crippen LogP contribution in [0.2, 0.25) is 5.02 Å². The van der Waals surface area contributed by atoms with Gasteiger partial charge in [0.1, 0.15) is 11.5 Å². The first-order valence-electron chi connectivity index (χ1n) is 8.25. The molecule has 0 radical (unpaired) electrons. The van der Waals surface area contributed by atoms with Gasteiger partial charge in [-0.05, 0) is 59.8 Å². The first kappa shape index (κ1) is 20.0. The van der Waals surface area contributed by atoms with Gasteiger partial charge in [-0.3, -0.25) is 4.79 Å². The molecule has 0 spiro atoms. The molecule has 0 aliphatic carbocycles. The summed E-state index contributed by atoms with van der Waals surface area (Å²) in [6.45, 7) is 1.77. The molecule has 28 heavy (non-hydrogen) atoms. The first-order chi connectivity index (χ1) is 13.5. The van der Waals surface area contributed by atoms with Crippen LogP contribution in [0.15, 0.2) is 47.6 Å². The van der Waals surface area contributed by atoms with Gasteiger partial charge >= 0.3 is 0 Å². The third kappa shape index (κ3) is 4.55. The number of nitrogens with one attached hydrogen (secondary N) is 1. The van der Waals surface area contributed by atoms with Crippen molar-refractivity contribution >= 4 is 35.0 Å². The molecule has 0 bridgehead atoms. The van der Waals surface area contributed by atoms with E-state index in [2.05, 4.69) is 20.8 Å². The first-order valence-corrected chi connectivity index (χ1v) is 9.51. The van der Waals surface area contributed by atoms with Crippen molar-refractivity contribution < 1.29 is 14.3 Å². The minimum absolute atomic E-state index is 0.227. The fourth-order valence-electron chi connectivity index (χ4n) is 2.36. The Morgan fingerprint density at radius 1 is 1.18 bits per heavy atom. The fraction of sp³-hybridized carbons (Fsp3) is 0.222. The van der Waals surface area contributed by atoms with Gasteiger partial charge in [-0.25, -0.2) is 0 Å². The molecule has 1 N–H and O–H groups in total.